The van der Waals surface area contributed by atoms with Gasteiger partial charge in [0, 0.05) is 12.2 Å². The molecular formula is C14H16N4O4. The van der Waals surface area contributed by atoms with Gasteiger partial charge in [0.2, 0.25) is 5.69 Å². The predicted molar refractivity (Wildman–Crippen MR) is 80.1 cm³/mol. The molecule has 0 saturated heterocycles. The molecule has 0 spiro atoms. The molecule has 8 nitrogen and oxygen atoms in total. The summed E-state index contributed by atoms with van der Waals surface area (Å²) in [7, 11) is 0. The van der Waals surface area contributed by atoms with E-state index in [2.05, 4.69) is 10.4 Å². The number of nitrogens with one attached hydrogen (secondary N) is 1. The first kappa shape index (κ1) is 15.5. The van der Waals surface area contributed by atoms with Gasteiger partial charge in [0.05, 0.1) is 11.5 Å². The molecule has 0 aliphatic carbocycles. The van der Waals surface area contributed by atoms with Gasteiger partial charge in [0.15, 0.2) is 0 Å². The molecule has 0 bridgehead atoms. The van der Waals surface area contributed by atoms with E-state index in [1.165, 1.54) is 4.68 Å². The van der Waals surface area contributed by atoms with Crippen molar-refractivity contribution in [1.29, 1.82) is 0 Å². The molecule has 2 rings (SSSR count). The van der Waals surface area contributed by atoms with Crippen molar-refractivity contribution < 1.29 is 14.5 Å². The van der Waals surface area contributed by atoms with Gasteiger partial charge in [0.1, 0.15) is 11.9 Å². The number of carbonyl (C=O) groups excluding carboxylic acids is 1. The summed E-state index contributed by atoms with van der Waals surface area (Å²) in [5.74, 6) is 0.111. The first-order chi connectivity index (χ1) is 10.6. The van der Waals surface area contributed by atoms with Crippen molar-refractivity contribution in [1.82, 2.24) is 9.78 Å². The lowest BCUT2D eigenvalue weighted by Gasteiger charge is -2.08. The number of ether oxygens (including phenoxy) is 1. The van der Waals surface area contributed by atoms with Crippen LogP contribution in [0.2, 0.25) is 0 Å². The smallest absolute Gasteiger partial charge is 0.320 e. The number of benzene rings is 1. The van der Waals surface area contributed by atoms with Gasteiger partial charge in [-0.25, -0.2) is 0 Å². The Morgan fingerprint density at radius 3 is 2.59 bits per heavy atom. The molecule has 22 heavy (non-hydrogen) atoms. The van der Waals surface area contributed by atoms with Crippen molar-refractivity contribution in [2.75, 3.05) is 11.9 Å². The lowest BCUT2D eigenvalue weighted by Crippen LogP contribution is -2.18. The number of aryl methyl sites for hydroxylation is 1. The lowest BCUT2D eigenvalue weighted by atomic mass is 10.2. The number of aromatic nitrogens is 2. The maximum Gasteiger partial charge on any atom is 0.320 e. The highest BCUT2D eigenvalue weighted by atomic mass is 16.6. The molecule has 2 aromatic rings. The molecule has 1 amide bonds. The fraction of sp³-hybridized carbons (Fsp3) is 0.286. The van der Waals surface area contributed by atoms with Gasteiger partial charge < -0.3 is 10.1 Å². The van der Waals surface area contributed by atoms with E-state index in [1.54, 1.807) is 31.2 Å². The van der Waals surface area contributed by atoms with Gasteiger partial charge in [-0.1, -0.05) is 0 Å². The van der Waals surface area contributed by atoms with Gasteiger partial charge in [-0.15, -0.1) is 0 Å². The first-order valence-electron chi connectivity index (χ1n) is 6.81. The van der Waals surface area contributed by atoms with E-state index in [0.717, 1.165) is 6.20 Å². The fourth-order valence-electron chi connectivity index (χ4n) is 1.97. The number of nitro groups is 1. The van der Waals surface area contributed by atoms with Crippen LogP contribution in [0.3, 0.4) is 0 Å². The van der Waals surface area contributed by atoms with E-state index in [-0.39, 0.29) is 11.4 Å². The van der Waals surface area contributed by atoms with E-state index in [4.69, 9.17) is 4.74 Å². The van der Waals surface area contributed by atoms with Crippen molar-refractivity contribution in [2.45, 2.75) is 20.4 Å². The largest absolute Gasteiger partial charge is 0.494 e. The van der Waals surface area contributed by atoms with Crippen LogP contribution in [-0.2, 0) is 6.54 Å². The highest BCUT2D eigenvalue weighted by Gasteiger charge is 2.26. The minimum absolute atomic E-state index is 0.0682. The van der Waals surface area contributed by atoms with Crippen LogP contribution in [0.4, 0.5) is 11.4 Å². The minimum atomic E-state index is -0.619. The van der Waals surface area contributed by atoms with E-state index in [0.29, 0.717) is 24.6 Å². The van der Waals surface area contributed by atoms with Crippen molar-refractivity contribution in [3.8, 4) is 5.75 Å². The monoisotopic (exact) mass is 304 g/mol. The average molecular weight is 304 g/mol. The van der Waals surface area contributed by atoms with Crippen LogP contribution in [0.5, 0.6) is 5.75 Å². The van der Waals surface area contributed by atoms with E-state index in [9.17, 15) is 14.9 Å². The van der Waals surface area contributed by atoms with Crippen molar-refractivity contribution in [3.63, 3.8) is 0 Å². The Kier molecular flexibility index (Phi) is 4.72. The number of carbonyl (C=O) groups is 1. The lowest BCUT2D eigenvalue weighted by molar-refractivity contribution is -0.385. The molecular weight excluding hydrogens is 288 g/mol. The molecule has 1 aromatic heterocycles. The number of hydrogen-bond donors (Lipinski definition) is 1. The quantitative estimate of drug-likeness (QED) is 0.652. The maximum absolute atomic E-state index is 12.3. The first-order valence-corrected chi connectivity index (χ1v) is 6.81. The molecule has 0 radical (unpaired) electrons. The van der Waals surface area contributed by atoms with Crippen LogP contribution >= 0.6 is 0 Å². The molecule has 0 aliphatic rings. The van der Waals surface area contributed by atoms with E-state index in [1.807, 2.05) is 6.92 Å². The molecule has 0 unspecified atom stereocenters. The molecule has 1 N–H and O–H groups in total. The van der Waals surface area contributed by atoms with Gasteiger partial charge in [-0.3, -0.25) is 19.6 Å². The SMILES string of the molecule is CCOc1ccc(NC(=O)c2c([N+](=O)[O-])cnn2CC)cc1. The third-order valence-corrected chi connectivity index (χ3v) is 2.95. The Balaban J connectivity index is 2.21. The second-order valence-electron chi connectivity index (χ2n) is 4.36. The average Bonchev–Trinajstić information content (AvgIpc) is 2.93. The molecule has 8 heteroatoms. The molecule has 0 aliphatic heterocycles. The second kappa shape index (κ2) is 6.70. The van der Waals surface area contributed by atoms with Gasteiger partial charge in [-0.2, -0.15) is 5.10 Å². The Bertz CT molecular complexity index is 679. The van der Waals surface area contributed by atoms with Crippen LogP contribution in [0.25, 0.3) is 0 Å². The normalized spacial score (nSPS) is 10.3. The van der Waals surface area contributed by atoms with Gasteiger partial charge >= 0.3 is 5.69 Å². The van der Waals surface area contributed by atoms with Crippen LogP contribution in [0, 0.1) is 10.1 Å². The number of nitrogens with zero attached hydrogens (tertiary/aromatic N) is 3. The summed E-state index contributed by atoms with van der Waals surface area (Å²) in [5.41, 5.74) is 0.137. The Hall–Kier alpha value is -2.90. The Labute approximate surface area is 126 Å². The number of hydrogen-bond acceptors (Lipinski definition) is 5. The highest BCUT2D eigenvalue weighted by Crippen LogP contribution is 2.21. The summed E-state index contributed by atoms with van der Waals surface area (Å²) in [6.45, 7) is 4.54. The van der Waals surface area contributed by atoms with E-state index < -0.39 is 10.8 Å². The topological polar surface area (TPSA) is 99.3 Å². The zero-order valence-corrected chi connectivity index (χ0v) is 12.3. The van der Waals surface area contributed by atoms with E-state index >= 15 is 0 Å². The summed E-state index contributed by atoms with van der Waals surface area (Å²) in [4.78, 5) is 22.6. The zero-order valence-electron chi connectivity index (χ0n) is 12.3. The molecule has 1 heterocycles. The summed E-state index contributed by atoms with van der Waals surface area (Å²) in [5, 5.41) is 17.5. The maximum atomic E-state index is 12.3. The van der Waals surface area contributed by atoms with Gasteiger partial charge in [0.25, 0.3) is 5.91 Å². The summed E-state index contributed by atoms with van der Waals surface area (Å²) >= 11 is 0. The van der Waals surface area contributed by atoms with Crippen molar-refractivity contribution in [3.05, 3.63) is 46.3 Å². The van der Waals surface area contributed by atoms with Gasteiger partial charge in [-0.05, 0) is 38.1 Å². The number of anilines is 1. The molecule has 1 aromatic carbocycles. The van der Waals surface area contributed by atoms with Crippen molar-refractivity contribution in [2.24, 2.45) is 0 Å². The molecule has 0 atom stereocenters. The predicted octanol–water partition coefficient (Wildman–Crippen LogP) is 2.46. The summed E-state index contributed by atoms with van der Waals surface area (Å²) in [6, 6.07) is 6.76. The minimum Gasteiger partial charge on any atom is -0.494 e. The highest BCUT2D eigenvalue weighted by molar-refractivity contribution is 6.05. The van der Waals surface area contributed by atoms with Crippen LogP contribution in [0.15, 0.2) is 30.5 Å². The van der Waals surface area contributed by atoms with Crippen LogP contribution in [0.1, 0.15) is 24.3 Å². The Morgan fingerprint density at radius 1 is 1.36 bits per heavy atom. The summed E-state index contributed by atoms with van der Waals surface area (Å²) in [6.07, 6.45) is 1.08. The molecule has 0 fully saturated rings. The van der Waals surface area contributed by atoms with Crippen LogP contribution < -0.4 is 10.1 Å². The fourth-order valence-corrected chi connectivity index (χ4v) is 1.97. The third kappa shape index (κ3) is 3.22. The standard InChI is InChI=1S/C14H16N4O4/c1-3-17-13(12(9-15-17)18(20)21)14(19)16-10-5-7-11(8-6-10)22-4-2/h5-9H,3-4H2,1-2H3,(H,16,19). The second-order valence-corrected chi connectivity index (χ2v) is 4.36. The number of amides is 1. The van der Waals surface area contributed by atoms with Crippen molar-refractivity contribution >= 4 is 17.3 Å². The Morgan fingerprint density at radius 2 is 2.05 bits per heavy atom. The molecule has 116 valence electrons. The summed E-state index contributed by atoms with van der Waals surface area (Å²) < 4.78 is 6.60. The zero-order chi connectivity index (χ0) is 16.1. The molecule has 0 saturated carbocycles. The number of rotatable bonds is 6. The van der Waals surface area contributed by atoms with Crippen LogP contribution in [-0.4, -0.2) is 27.2 Å². The third-order valence-electron chi connectivity index (χ3n) is 2.95.